The molecule has 3 rings (SSSR count). The van der Waals surface area contributed by atoms with E-state index in [1.54, 1.807) is 25.1 Å². The second kappa shape index (κ2) is 6.94. The third kappa shape index (κ3) is 3.64. The van der Waals surface area contributed by atoms with E-state index in [2.05, 4.69) is 5.32 Å². The van der Waals surface area contributed by atoms with Gasteiger partial charge in [-0.05, 0) is 37.3 Å². The minimum Gasteiger partial charge on any atom is -0.450 e. The fourth-order valence-electron chi connectivity index (χ4n) is 2.33. The van der Waals surface area contributed by atoms with Crippen LogP contribution in [-0.2, 0) is 9.53 Å². The Kier molecular flexibility index (Phi) is 4.72. The van der Waals surface area contributed by atoms with Gasteiger partial charge in [0.2, 0.25) is 5.76 Å². The van der Waals surface area contributed by atoms with Crippen LogP contribution >= 0.6 is 11.6 Å². The number of fused-ring (bicyclic) bond motifs is 1. The molecule has 0 saturated heterocycles. The lowest BCUT2D eigenvalue weighted by Crippen LogP contribution is -2.21. The number of hydrogen-bond donors (Lipinski definition) is 1. The Hall–Kier alpha value is -2.86. The van der Waals surface area contributed by atoms with Gasteiger partial charge in [0, 0.05) is 16.6 Å². The zero-order valence-corrected chi connectivity index (χ0v) is 13.9. The number of furan rings is 1. The van der Waals surface area contributed by atoms with E-state index in [0.29, 0.717) is 27.2 Å². The molecule has 1 heterocycles. The molecule has 7 heteroatoms. The van der Waals surface area contributed by atoms with Crippen molar-refractivity contribution in [3.63, 3.8) is 0 Å². The Morgan fingerprint density at radius 3 is 2.60 bits per heavy atom. The minimum atomic E-state index is -0.765. The Bertz CT molecular complexity index is 950. The van der Waals surface area contributed by atoms with Crippen LogP contribution in [0.25, 0.3) is 11.0 Å². The monoisotopic (exact) mass is 361 g/mol. The Labute approximate surface area is 147 Å². The van der Waals surface area contributed by atoms with Crippen molar-refractivity contribution in [3.8, 4) is 0 Å². The average molecular weight is 362 g/mol. The van der Waals surface area contributed by atoms with E-state index in [0.717, 1.165) is 0 Å². The van der Waals surface area contributed by atoms with Gasteiger partial charge in [0.25, 0.3) is 5.91 Å². The predicted molar refractivity (Wildman–Crippen MR) is 91.3 cm³/mol. The van der Waals surface area contributed by atoms with E-state index in [1.165, 1.54) is 24.3 Å². The number of rotatable bonds is 4. The lowest BCUT2D eigenvalue weighted by atomic mass is 10.1. The highest BCUT2D eigenvalue weighted by molar-refractivity contribution is 6.35. The number of amides is 1. The number of esters is 1. The van der Waals surface area contributed by atoms with Crippen molar-refractivity contribution in [2.24, 2.45) is 0 Å². The SMILES string of the molecule is Cc1c(C(=O)OCC(=O)Nc2ccc(F)cc2)oc2c(Cl)cccc12. The highest BCUT2D eigenvalue weighted by Gasteiger charge is 2.21. The Balaban J connectivity index is 1.66. The summed E-state index contributed by atoms with van der Waals surface area (Å²) in [6.07, 6.45) is 0. The van der Waals surface area contributed by atoms with Crippen molar-refractivity contribution in [1.29, 1.82) is 0 Å². The predicted octanol–water partition coefficient (Wildman–Crippen LogP) is 4.33. The molecule has 0 fully saturated rings. The number of benzene rings is 2. The first-order valence-electron chi connectivity index (χ1n) is 7.36. The Morgan fingerprint density at radius 2 is 1.92 bits per heavy atom. The van der Waals surface area contributed by atoms with E-state index >= 15 is 0 Å². The number of halogens is 2. The summed E-state index contributed by atoms with van der Waals surface area (Å²) < 4.78 is 23.3. The van der Waals surface area contributed by atoms with Gasteiger partial charge in [0.05, 0.1) is 5.02 Å². The Morgan fingerprint density at radius 1 is 1.20 bits per heavy atom. The number of carbonyl (C=O) groups excluding carboxylic acids is 2. The van der Waals surface area contributed by atoms with Crippen LogP contribution in [0.1, 0.15) is 16.1 Å². The first-order chi connectivity index (χ1) is 12.0. The number of anilines is 1. The summed E-state index contributed by atoms with van der Waals surface area (Å²) in [5, 5.41) is 3.58. The molecule has 25 heavy (non-hydrogen) atoms. The van der Waals surface area contributed by atoms with Crippen LogP contribution in [0, 0.1) is 12.7 Å². The summed E-state index contributed by atoms with van der Waals surface area (Å²) >= 11 is 6.04. The average Bonchev–Trinajstić information content (AvgIpc) is 2.93. The third-order valence-electron chi connectivity index (χ3n) is 3.56. The van der Waals surface area contributed by atoms with E-state index in [-0.39, 0.29) is 5.76 Å². The van der Waals surface area contributed by atoms with Crippen LogP contribution < -0.4 is 5.32 Å². The van der Waals surface area contributed by atoms with Crippen LogP contribution in [-0.4, -0.2) is 18.5 Å². The van der Waals surface area contributed by atoms with Crippen molar-refractivity contribution in [2.45, 2.75) is 6.92 Å². The lowest BCUT2D eigenvalue weighted by molar-refractivity contribution is -0.119. The van der Waals surface area contributed by atoms with Gasteiger partial charge in [-0.3, -0.25) is 4.79 Å². The number of para-hydroxylation sites is 1. The highest BCUT2D eigenvalue weighted by Crippen LogP contribution is 2.30. The van der Waals surface area contributed by atoms with Crippen molar-refractivity contribution in [3.05, 3.63) is 64.6 Å². The van der Waals surface area contributed by atoms with Crippen molar-refractivity contribution < 1.29 is 23.1 Å². The van der Waals surface area contributed by atoms with Gasteiger partial charge in [-0.1, -0.05) is 23.7 Å². The van der Waals surface area contributed by atoms with Gasteiger partial charge in [0.1, 0.15) is 5.82 Å². The van der Waals surface area contributed by atoms with Crippen molar-refractivity contribution in [1.82, 2.24) is 0 Å². The van der Waals surface area contributed by atoms with E-state index in [4.69, 9.17) is 20.8 Å². The molecule has 1 amide bonds. The second-order valence-electron chi connectivity index (χ2n) is 5.30. The summed E-state index contributed by atoms with van der Waals surface area (Å²) in [6, 6.07) is 10.4. The topological polar surface area (TPSA) is 68.5 Å². The first kappa shape index (κ1) is 17.0. The van der Waals surface area contributed by atoms with Crippen LogP contribution in [0.3, 0.4) is 0 Å². The molecule has 1 aromatic heterocycles. The molecule has 0 unspecified atom stereocenters. The first-order valence-corrected chi connectivity index (χ1v) is 7.73. The summed E-state index contributed by atoms with van der Waals surface area (Å²) in [5.74, 6) is -1.73. The van der Waals surface area contributed by atoms with Gasteiger partial charge in [-0.2, -0.15) is 0 Å². The summed E-state index contributed by atoms with van der Waals surface area (Å²) in [7, 11) is 0. The highest BCUT2D eigenvalue weighted by atomic mass is 35.5. The lowest BCUT2D eigenvalue weighted by Gasteiger charge is -2.06. The van der Waals surface area contributed by atoms with Crippen molar-refractivity contribution >= 4 is 40.1 Å². The maximum absolute atomic E-state index is 12.8. The molecule has 0 atom stereocenters. The molecule has 0 aliphatic rings. The van der Waals surface area contributed by atoms with Crippen LogP contribution in [0.4, 0.5) is 10.1 Å². The summed E-state index contributed by atoms with van der Waals surface area (Å²) in [4.78, 5) is 24.0. The zero-order valence-electron chi connectivity index (χ0n) is 13.1. The van der Waals surface area contributed by atoms with Crippen LogP contribution in [0.5, 0.6) is 0 Å². The van der Waals surface area contributed by atoms with Crippen molar-refractivity contribution in [2.75, 3.05) is 11.9 Å². The van der Waals surface area contributed by atoms with Gasteiger partial charge in [-0.15, -0.1) is 0 Å². The van der Waals surface area contributed by atoms with Crippen LogP contribution in [0.2, 0.25) is 5.02 Å². The molecule has 0 aliphatic heterocycles. The van der Waals surface area contributed by atoms with Gasteiger partial charge < -0.3 is 14.5 Å². The van der Waals surface area contributed by atoms with Gasteiger partial charge in [0.15, 0.2) is 12.2 Å². The normalized spacial score (nSPS) is 10.7. The molecule has 0 bridgehead atoms. The standard InChI is InChI=1S/C18H13ClFNO4/c1-10-13-3-2-4-14(19)17(13)25-16(10)18(23)24-9-15(22)21-12-7-5-11(20)6-8-12/h2-8H,9H2,1H3,(H,21,22). The number of nitrogens with one attached hydrogen (secondary N) is 1. The molecular weight excluding hydrogens is 349 g/mol. The molecule has 1 N–H and O–H groups in total. The molecular formula is C18H13ClFNO4. The fraction of sp³-hybridized carbons (Fsp3) is 0.111. The third-order valence-corrected chi connectivity index (χ3v) is 3.86. The molecule has 0 saturated carbocycles. The maximum Gasteiger partial charge on any atom is 0.375 e. The number of hydrogen-bond acceptors (Lipinski definition) is 4. The van der Waals surface area contributed by atoms with E-state index in [9.17, 15) is 14.0 Å². The second-order valence-corrected chi connectivity index (χ2v) is 5.71. The molecule has 0 aliphatic carbocycles. The quantitative estimate of drug-likeness (QED) is 0.702. The molecule has 3 aromatic rings. The van der Waals surface area contributed by atoms with Crippen LogP contribution in [0.15, 0.2) is 46.9 Å². The summed E-state index contributed by atoms with van der Waals surface area (Å²) in [6.45, 7) is 1.21. The molecule has 0 radical (unpaired) electrons. The zero-order chi connectivity index (χ0) is 18.0. The molecule has 2 aromatic carbocycles. The van der Waals surface area contributed by atoms with Gasteiger partial charge in [-0.25, -0.2) is 9.18 Å². The summed E-state index contributed by atoms with van der Waals surface area (Å²) in [5.41, 5.74) is 1.37. The number of aryl methyl sites for hydroxylation is 1. The molecule has 128 valence electrons. The van der Waals surface area contributed by atoms with Gasteiger partial charge >= 0.3 is 5.97 Å². The molecule has 0 spiro atoms. The van der Waals surface area contributed by atoms with E-state index in [1.807, 2.05) is 0 Å². The number of carbonyl (C=O) groups is 2. The maximum atomic E-state index is 12.8. The number of ether oxygens (including phenoxy) is 1. The fourth-order valence-corrected chi connectivity index (χ4v) is 2.54. The molecule has 5 nitrogen and oxygen atoms in total. The van der Waals surface area contributed by atoms with E-state index < -0.39 is 24.3 Å². The largest absolute Gasteiger partial charge is 0.450 e. The smallest absolute Gasteiger partial charge is 0.375 e. The minimum absolute atomic E-state index is 0.00215.